The van der Waals surface area contributed by atoms with Crippen LogP contribution in [-0.2, 0) is 14.3 Å². The van der Waals surface area contributed by atoms with Gasteiger partial charge in [-0.15, -0.1) is 24.0 Å². The van der Waals surface area contributed by atoms with Crippen LogP contribution in [0.3, 0.4) is 0 Å². The molecule has 7 nitrogen and oxygen atoms in total. The summed E-state index contributed by atoms with van der Waals surface area (Å²) in [7, 11) is 1.88. The number of hydrogen-bond acceptors (Lipinski definition) is 4. The van der Waals surface area contributed by atoms with Gasteiger partial charge in [-0.05, 0) is 52.9 Å². The summed E-state index contributed by atoms with van der Waals surface area (Å²) in [4.78, 5) is 18.5. The van der Waals surface area contributed by atoms with Crippen molar-refractivity contribution in [1.82, 2.24) is 15.5 Å². The Labute approximate surface area is 182 Å². The van der Waals surface area contributed by atoms with Crippen molar-refractivity contribution in [3.63, 3.8) is 0 Å². The van der Waals surface area contributed by atoms with E-state index in [2.05, 4.69) is 15.6 Å². The molecule has 1 rings (SSSR count). The van der Waals surface area contributed by atoms with Gasteiger partial charge in [-0.3, -0.25) is 9.79 Å². The molecule has 1 saturated heterocycles. The molecule has 0 radical (unpaired) electrons. The van der Waals surface area contributed by atoms with E-state index >= 15 is 0 Å². The first-order valence-electron chi connectivity index (χ1n) is 9.77. The van der Waals surface area contributed by atoms with Gasteiger partial charge in [0.2, 0.25) is 5.91 Å². The van der Waals surface area contributed by atoms with Gasteiger partial charge in [0.05, 0.1) is 6.54 Å². The largest absolute Gasteiger partial charge is 0.381 e. The minimum Gasteiger partial charge on any atom is -0.381 e. The monoisotopic (exact) mass is 498 g/mol. The molecule has 0 aromatic heterocycles. The lowest BCUT2D eigenvalue weighted by atomic mass is 10.0. The summed E-state index contributed by atoms with van der Waals surface area (Å²) in [5.74, 6) is 1.38. The van der Waals surface area contributed by atoms with Crippen LogP contribution in [-0.4, -0.2) is 75.4 Å². The molecule has 8 heteroatoms. The summed E-state index contributed by atoms with van der Waals surface area (Å²) in [5, 5.41) is 6.20. The van der Waals surface area contributed by atoms with E-state index in [0.717, 1.165) is 51.6 Å². The van der Waals surface area contributed by atoms with Crippen molar-refractivity contribution in [2.24, 2.45) is 10.9 Å². The minimum atomic E-state index is -0.227. The van der Waals surface area contributed by atoms with Crippen molar-refractivity contribution < 1.29 is 14.3 Å². The zero-order valence-corrected chi connectivity index (χ0v) is 20.0. The van der Waals surface area contributed by atoms with E-state index in [1.165, 1.54) is 0 Å². The Bertz CT molecular complexity index is 435. The quantitative estimate of drug-likeness (QED) is 0.221. The van der Waals surface area contributed by atoms with Crippen LogP contribution in [0.2, 0.25) is 0 Å². The summed E-state index contributed by atoms with van der Waals surface area (Å²) >= 11 is 0. The van der Waals surface area contributed by atoms with Crippen molar-refractivity contribution in [1.29, 1.82) is 0 Å². The number of rotatable bonds is 9. The van der Waals surface area contributed by atoms with E-state index < -0.39 is 0 Å². The molecule has 0 bridgehead atoms. The fourth-order valence-electron chi connectivity index (χ4n) is 2.73. The van der Waals surface area contributed by atoms with E-state index in [0.29, 0.717) is 19.1 Å². The van der Waals surface area contributed by atoms with Crippen molar-refractivity contribution in [3.05, 3.63) is 0 Å². The molecule has 0 aliphatic carbocycles. The molecule has 1 fully saturated rings. The average molecular weight is 498 g/mol. The van der Waals surface area contributed by atoms with Gasteiger partial charge in [0.25, 0.3) is 0 Å². The smallest absolute Gasteiger partial charge is 0.240 e. The lowest BCUT2D eigenvalue weighted by Crippen LogP contribution is -2.48. The van der Waals surface area contributed by atoms with Crippen molar-refractivity contribution in [3.8, 4) is 0 Å². The van der Waals surface area contributed by atoms with Gasteiger partial charge < -0.3 is 25.0 Å². The second kappa shape index (κ2) is 14.4. The molecule has 0 atom stereocenters. The molecule has 0 aromatic rings. The number of ether oxygens (including phenoxy) is 2. The van der Waals surface area contributed by atoms with Crippen LogP contribution >= 0.6 is 24.0 Å². The van der Waals surface area contributed by atoms with Crippen molar-refractivity contribution >= 4 is 35.8 Å². The number of nitrogens with zero attached hydrogens (tertiary/aromatic N) is 2. The summed E-state index contributed by atoms with van der Waals surface area (Å²) in [5.41, 5.74) is -0.227. The number of carbonyl (C=O) groups excluding carboxylic acids is 1. The number of nitrogens with one attached hydrogen (secondary N) is 2. The molecule has 0 spiro atoms. The highest BCUT2D eigenvalue weighted by molar-refractivity contribution is 14.0. The number of likely N-dealkylation sites (N-methyl/N-ethyl adjacent to an activating group) is 1. The third-order valence-electron chi connectivity index (χ3n) is 3.99. The van der Waals surface area contributed by atoms with Gasteiger partial charge >= 0.3 is 0 Å². The van der Waals surface area contributed by atoms with Crippen LogP contribution in [0, 0.1) is 5.92 Å². The second-order valence-electron chi connectivity index (χ2n) is 7.87. The zero-order valence-electron chi connectivity index (χ0n) is 17.7. The molecule has 0 aromatic carbocycles. The molecule has 1 amide bonds. The van der Waals surface area contributed by atoms with Crippen LogP contribution in [0.15, 0.2) is 4.99 Å². The molecule has 1 aliphatic rings. The average Bonchev–Trinajstić information content (AvgIpc) is 2.56. The molecule has 1 heterocycles. The fraction of sp³-hybridized carbons (Fsp3) is 0.895. The Balaban J connectivity index is 0.00000676. The Kier molecular flexibility index (Phi) is 14.1. The molecule has 1 aliphatic heterocycles. The Morgan fingerprint density at radius 2 is 1.96 bits per heavy atom. The summed E-state index contributed by atoms with van der Waals surface area (Å²) < 4.78 is 11.1. The lowest BCUT2D eigenvalue weighted by Gasteiger charge is -2.25. The predicted octanol–water partition coefficient (Wildman–Crippen LogP) is 2.25. The molecular weight excluding hydrogens is 459 g/mol. The van der Waals surface area contributed by atoms with E-state index in [1.807, 2.05) is 39.6 Å². The summed E-state index contributed by atoms with van der Waals surface area (Å²) in [6.45, 7) is 12.9. The van der Waals surface area contributed by atoms with Gasteiger partial charge in [0, 0.05) is 52.1 Å². The van der Waals surface area contributed by atoms with Crippen LogP contribution in [0.25, 0.3) is 0 Å². The number of guanidine groups is 1. The number of amides is 1. The maximum atomic E-state index is 12.1. The van der Waals surface area contributed by atoms with Crippen molar-refractivity contribution in [2.75, 3.05) is 53.1 Å². The Morgan fingerprint density at radius 1 is 1.30 bits per heavy atom. The first kappa shape index (κ1) is 26.4. The highest BCUT2D eigenvalue weighted by atomic mass is 127. The molecule has 0 unspecified atom stereocenters. The van der Waals surface area contributed by atoms with Crippen LogP contribution in [0.5, 0.6) is 0 Å². The number of carbonyl (C=O) groups is 1. The van der Waals surface area contributed by atoms with E-state index in [1.54, 1.807) is 0 Å². The zero-order chi connectivity index (χ0) is 19.4. The van der Waals surface area contributed by atoms with E-state index in [9.17, 15) is 4.79 Å². The summed E-state index contributed by atoms with van der Waals surface area (Å²) in [6, 6.07) is 0. The molecular formula is C19H39IN4O3. The normalized spacial score (nSPS) is 15.8. The topological polar surface area (TPSA) is 75.2 Å². The highest BCUT2D eigenvalue weighted by Crippen LogP contribution is 2.14. The number of halogens is 1. The van der Waals surface area contributed by atoms with Gasteiger partial charge in [-0.2, -0.15) is 0 Å². The molecule has 27 heavy (non-hydrogen) atoms. The first-order valence-corrected chi connectivity index (χ1v) is 9.77. The van der Waals surface area contributed by atoms with Crippen LogP contribution in [0.1, 0.15) is 47.0 Å². The second-order valence-corrected chi connectivity index (χ2v) is 7.87. The SMILES string of the molecule is CCNC(=NCCCOCC1CCOCC1)N(C)CC(=O)NC(C)(C)C.I. The Morgan fingerprint density at radius 3 is 2.56 bits per heavy atom. The third kappa shape index (κ3) is 13.2. The Hall–Kier alpha value is -0.610. The maximum absolute atomic E-state index is 12.1. The molecule has 2 N–H and O–H groups in total. The van der Waals surface area contributed by atoms with Crippen molar-refractivity contribution in [2.45, 2.75) is 52.5 Å². The highest BCUT2D eigenvalue weighted by Gasteiger charge is 2.17. The first-order chi connectivity index (χ1) is 12.3. The third-order valence-corrected chi connectivity index (χ3v) is 3.99. The fourth-order valence-corrected chi connectivity index (χ4v) is 2.73. The van der Waals surface area contributed by atoms with Gasteiger partial charge in [-0.1, -0.05) is 0 Å². The molecule has 160 valence electrons. The van der Waals surface area contributed by atoms with E-state index in [4.69, 9.17) is 9.47 Å². The molecule has 0 saturated carbocycles. The standard InChI is InChI=1S/C19H38N4O3.HI/c1-6-20-18(23(5)14-17(24)22-19(2,3)4)21-10-7-11-26-15-16-8-12-25-13-9-16;/h16H,6-15H2,1-5H3,(H,20,21)(H,22,24);1H. The van der Waals surface area contributed by atoms with Crippen LogP contribution in [0.4, 0.5) is 0 Å². The van der Waals surface area contributed by atoms with Crippen LogP contribution < -0.4 is 10.6 Å². The lowest BCUT2D eigenvalue weighted by molar-refractivity contribution is -0.122. The number of hydrogen-bond donors (Lipinski definition) is 2. The van der Waals surface area contributed by atoms with Gasteiger partial charge in [0.1, 0.15) is 0 Å². The van der Waals surface area contributed by atoms with Gasteiger partial charge in [0.15, 0.2) is 5.96 Å². The summed E-state index contributed by atoms with van der Waals surface area (Å²) in [6.07, 6.45) is 3.08. The maximum Gasteiger partial charge on any atom is 0.240 e. The predicted molar refractivity (Wildman–Crippen MR) is 121 cm³/mol. The van der Waals surface area contributed by atoms with E-state index in [-0.39, 0.29) is 42.0 Å². The van der Waals surface area contributed by atoms with Gasteiger partial charge in [-0.25, -0.2) is 0 Å². The number of aliphatic imine (C=N–C) groups is 1. The minimum absolute atomic E-state index is 0.